The molecule has 2 heterocycles. The summed E-state index contributed by atoms with van der Waals surface area (Å²) in [6, 6.07) is 17.4. The summed E-state index contributed by atoms with van der Waals surface area (Å²) in [5, 5.41) is 20.8. The summed E-state index contributed by atoms with van der Waals surface area (Å²) in [4.78, 5) is 2.26. The highest BCUT2D eigenvalue weighted by Crippen LogP contribution is 2.31. The molecular weight excluding hydrogens is 380 g/mol. The Hall–Kier alpha value is -2.02. The number of hydrogen-bond donors (Lipinski definition) is 1. The number of anilines is 1. The Kier molecular flexibility index (Phi) is 5.66. The Morgan fingerprint density at radius 1 is 1.04 bits per heavy atom. The number of thioether (sulfide) groups is 1. The molecule has 1 aliphatic heterocycles. The third-order valence-corrected chi connectivity index (χ3v) is 5.87. The van der Waals surface area contributed by atoms with E-state index < -0.39 is 6.10 Å². The molecule has 1 N–H and O–H groups in total. The van der Waals surface area contributed by atoms with E-state index in [4.69, 9.17) is 11.6 Å². The zero-order valence-electron chi connectivity index (χ0n) is 14.8. The molecule has 0 spiro atoms. The fourth-order valence-corrected chi connectivity index (χ4v) is 4.34. The van der Waals surface area contributed by atoms with Crippen molar-refractivity contribution in [2.24, 2.45) is 0 Å². The normalized spacial score (nSPS) is 15.3. The van der Waals surface area contributed by atoms with Gasteiger partial charge in [-0.15, -0.1) is 10.2 Å². The second kappa shape index (κ2) is 8.33. The van der Waals surface area contributed by atoms with Crippen molar-refractivity contribution in [3.8, 4) is 5.69 Å². The summed E-state index contributed by atoms with van der Waals surface area (Å²) >= 11 is 7.72. The molecule has 3 aromatic rings. The molecule has 0 amide bonds. The number of benzene rings is 2. The number of hydrogen-bond acceptors (Lipinski definition) is 5. The molecule has 0 saturated carbocycles. The van der Waals surface area contributed by atoms with E-state index in [1.54, 1.807) is 0 Å². The van der Waals surface area contributed by atoms with Crippen LogP contribution in [0, 0.1) is 0 Å². The first kappa shape index (κ1) is 18.3. The Labute approximate surface area is 168 Å². The summed E-state index contributed by atoms with van der Waals surface area (Å²) in [6.45, 7) is 1.96. The number of aliphatic hydroxyl groups excluding tert-OH is 1. The van der Waals surface area contributed by atoms with E-state index in [9.17, 15) is 5.11 Å². The lowest BCUT2D eigenvalue weighted by atomic mass is 10.1. The van der Waals surface area contributed by atoms with Crippen LogP contribution < -0.4 is 4.90 Å². The molecule has 4 rings (SSSR count). The highest BCUT2D eigenvalue weighted by atomic mass is 35.5. The van der Waals surface area contributed by atoms with E-state index in [-0.39, 0.29) is 0 Å². The fourth-order valence-electron chi connectivity index (χ4n) is 3.24. The minimum Gasteiger partial charge on any atom is -0.388 e. The first-order valence-electron chi connectivity index (χ1n) is 9.04. The highest BCUT2D eigenvalue weighted by Gasteiger charge is 2.23. The van der Waals surface area contributed by atoms with E-state index >= 15 is 0 Å². The van der Waals surface area contributed by atoms with Crippen molar-refractivity contribution < 1.29 is 5.11 Å². The molecule has 0 unspecified atom stereocenters. The van der Waals surface area contributed by atoms with Crippen LogP contribution in [0.5, 0.6) is 0 Å². The van der Waals surface area contributed by atoms with Crippen molar-refractivity contribution in [3.63, 3.8) is 0 Å². The van der Waals surface area contributed by atoms with Gasteiger partial charge in [0, 0.05) is 23.9 Å². The van der Waals surface area contributed by atoms with Gasteiger partial charge in [-0.3, -0.25) is 4.57 Å². The van der Waals surface area contributed by atoms with Gasteiger partial charge in [0.05, 0.1) is 11.8 Å². The smallest absolute Gasteiger partial charge is 0.232 e. The fraction of sp³-hybridized carbons (Fsp3) is 0.300. The largest absolute Gasteiger partial charge is 0.388 e. The minimum absolute atomic E-state index is 0.503. The van der Waals surface area contributed by atoms with Gasteiger partial charge in [0.1, 0.15) is 0 Å². The summed E-state index contributed by atoms with van der Waals surface area (Å²) < 4.78 is 2.04. The van der Waals surface area contributed by atoms with Crippen LogP contribution in [-0.4, -0.2) is 38.7 Å². The Balaban J connectivity index is 1.62. The molecule has 0 radical (unpaired) electrons. The van der Waals surface area contributed by atoms with Crippen molar-refractivity contribution in [3.05, 3.63) is 65.2 Å². The van der Waals surface area contributed by atoms with E-state index in [1.807, 2.05) is 59.2 Å². The molecule has 27 heavy (non-hydrogen) atoms. The molecule has 1 aliphatic rings. The third-order valence-electron chi connectivity index (χ3n) is 4.63. The molecule has 7 heteroatoms. The van der Waals surface area contributed by atoms with Crippen LogP contribution in [0.4, 0.5) is 5.95 Å². The second-order valence-corrected chi connectivity index (χ2v) is 7.95. The van der Waals surface area contributed by atoms with Gasteiger partial charge >= 0.3 is 0 Å². The number of nitrogens with zero attached hydrogens (tertiary/aromatic N) is 4. The molecule has 1 saturated heterocycles. The summed E-state index contributed by atoms with van der Waals surface area (Å²) in [5.74, 6) is 1.34. The van der Waals surface area contributed by atoms with E-state index in [0.29, 0.717) is 10.8 Å². The topological polar surface area (TPSA) is 54.2 Å². The molecule has 0 bridgehead atoms. The molecule has 5 nitrogen and oxygen atoms in total. The quantitative estimate of drug-likeness (QED) is 0.623. The number of halogens is 1. The van der Waals surface area contributed by atoms with Crippen LogP contribution in [0.1, 0.15) is 24.5 Å². The van der Waals surface area contributed by atoms with Crippen LogP contribution in [0.3, 0.4) is 0 Å². The van der Waals surface area contributed by atoms with E-state index in [2.05, 4.69) is 15.1 Å². The molecule has 1 atom stereocenters. The number of rotatable bonds is 6. The molecule has 140 valence electrons. The van der Waals surface area contributed by atoms with Crippen LogP contribution in [0.25, 0.3) is 5.69 Å². The number of aromatic nitrogens is 3. The minimum atomic E-state index is -0.559. The van der Waals surface area contributed by atoms with Crippen molar-refractivity contribution in [1.82, 2.24) is 14.8 Å². The third kappa shape index (κ3) is 4.13. The lowest BCUT2D eigenvalue weighted by Crippen LogP contribution is -2.22. The molecule has 1 aromatic heterocycles. The predicted molar refractivity (Wildman–Crippen MR) is 110 cm³/mol. The van der Waals surface area contributed by atoms with Crippen LogP contribution in [0.15, 0.2) is 59.8 Å². The Morgan fingerprint density at radius 2 is 1.81 bits per heavy atom. The summed E-state index contributed by atoms with van der Waals surface area (Å²) in [5.41, 5.74) is 1.84. The maximum absolute atomic E-state index is 10.5. The van der Waals surface area contributed by atoms with Gasteiger partial charge in [-0.25, -0.2) is 0 Å². The van der Waals surface area contributed by atoms with Gasteiger partial charge in [-0.2, -0.15) is 0 Å². The van der Waals surface area contributed by atoms with E-state index in [1.165, 1.54) is 11.8 Å². The lowest BCUT2D eigenvalue weighted by molar-refractivity contribution is 0.204. The maximum atomic E-state index is 10.5. The van der Waals surface area contributed by atoms with Gasteiger partial charge in [0.15, 0.2) is 5.16 Å². The second-order valence-electron chi connectivity index (χ2n) is 6.53. The lowest BCUT2D eigenvalue weighted by Gasteiger charge is -2.19. The zero-order valence-corrected chi connectivity index (χ0v) is 16.4. The van der Waals surface area contributed by atoms with Gasteiger partial charge in [0.25, 0.3) is 0 Å². The van der Waals surface area contributed by atoms with Crippen LogP contribution in [-0.2, 0) is 0 Å². The average molecular weight is 401 g/mol. The monoisotopic (exact) mass is 400 g/mol. The summed E-state index contributed by atoms with van der Waals surface area (Å²) in [6.07, 6.45) is 1.77. The Bertz CT molecular complexity index is 896. The SMILES string of the molecule is O[C@@H](CSc1nnc(N2CCCC2)n1-c1cccc(Cl)c1)c1ccccc1. The van der Waals surface area contributed by atoms with E-state index in [0.717, 1.165) is 48.3 Å². The standard InChI is InChI=1S/C20H21ClN4OS/c21-16-9-6-10-17(13-16)25-19(24-11-4-5-12-24)22-23-20(25)27-14-18(26)15-7-2-1-3-8-15/h1-3,6-10,13,18,26H,4-5,11-12,14H2/t18-/m0/s1. The number of aliphatic hydroxyl groups is 1. The zero-order chi connectivity index (χ0) is 18.6. The molecule has 0 aliphatic carbocycles. The highest BCUT2D eigenvalue weighted by molar-refractivity contribution is 7.99. The average Bonchev–Trinajstić information content (AvgIpc) is 3.36. The van der Waals surface area contributed by atoms with Gasteiger partial charge < -0.3 is 10.0 Å². The van der Waals surface area contributed by atoms with Crippen molar-refractivity contribution in [1.29, 1.82) is 0 Å². The predicted octanol–water partition coefficient (Wildman–Crippen LogP) is 4.35. The Morgan fingerprint density at radius 3 is 2.56 bits per heavy atom. The van der Waals surface area contributed by atoms with Gasteiger partial charge in [-0.1, -0.05) is 59.8 Å². The first-order valence-corrected chi connectivity index (χ1v) is 10.4. The molecule has 1 fully saturated rings. The molecule has 2 aromatic carbocycles. The molecular formula is C20H21ClN4OS. The summed E-state index contributed by atoms with van der Waals surface area (Å²) in [7, 11) is 0. The van der Waals surface area contributed by atoms with Crippen molar-refractivity contribution in [2.45, 2.75) is 24.1 Å². The van der Waals surface area contributed by atoms with Gasteiger partial charge in [0.2, 0.25) is 5.95 Å². The van der Waals surface area contributed by atoms with Crippen LogP contribution >= 0.6 is 23.4 Å². The maximum Gasteiger partial charge on any atom is 0.232 e. The van der Waals surface area contributed by atoms with Gasteiger partial charge in [-0.05, 0) is 36.6 Å². The van der Waals surface area contributed by atoms with Crippen molar-refractivity contribution >= 4 is 29.3 Å². The first-order chi connectivity index (χ1) is 13.2. The van der Waals surface area contributed by atoms with Crippen molar-refractivity contribution in [2.75, 3.05) is 23.7 Å². The van der Waals surface area contributed by atoms with Crippen LogP contribution in [0.2, 0.25) is 5.02 Å².